The van der Waals surface area contributed by atoms with Crippen LogP contribution in [0.4, 0.5) is 0 Å². The number of ether oxygens (including phenoxy) is 2. The maximum atomic E-state index is 13.1. The van der Waals surface area contributed by atoms with Gasteiger partial charge in [0.25, 0.3) is 5.91 Å². The molecule has 1 aliphatic rings. The fourth-order valence-corrected chi connectivity index (χ4v) is 7.41. The van der Waals surface area contributed by atoms with Crippen LogP contribution in [0.1, 0.15) is 24.2 Å². The molecule has 11 nitrogen and oxygen atoms in total. The molecule has 200 valence electrons. The molecule has 0 saturated carbocycles. The van der Waals surface area contributed by atoms with Crippen molar-refractivity contribution < 1.29 is 31.1 Å². The van der Waals surface area contributed by atoms with Crippen LogP contribution in [-0.2, 0) is 36.1 Å². The van der Waals surface area contributed by atoms with E-state index in [0.29, 0.717) is 28.2 Å². The van der Waals surface area contributed by atoms with Gasteiger partial charge in [-0.05, 0) is 56.3 Å². The lowest BCUT2D eigenvalue weighted by molar-refractivity contribution is -0.0440. The second-order valence-corrected chi connectivity index (χ2v) is 13.2. The van der Waals surface area contributed by atoms with Crippen LogP contribution in [0.2, 0.25) is 0 Å². The third kappa shape index (κ3) is 6.00. The number of rotatable bonds is 7. The minimum atomic E-state index is -3.90. The predicted molar refractivity (Wildman–Crippen MR) is 138 cm³/mol. The number of hydrogen-bond acceptors (Lipinski definition) is 8. The summed E-state index contributed by atoms with van der Waals surface area (Å²) in [6.45, 7) is 4.88. The number of amides is 1. The highest BCUT2D eigenvalue weighted by Gasteiger charge is 2.32. The van der Waals surface area contributed by atoms with Crippen molar-refractivity contribution >= 4 is 47.5 Å². The van der Waals surface area contributed by atoms with Crippen molar-refractivity contribution in [2.24, 2.45) is 10.1 Å². The van der Waals surface area contributed by atoms with Crippen molar-refractivity contribution in [1.82, 2.24) is 8.87 Å². The topological polar surface area (TPSA) is 150 Å². The molecule has 2 aromatic carbocycles. The number of thiazole rings is 1. The van der Waals surface area contributed by atoms with Crippen LogP contribution in [0.25, 0.3) is 10.2 Å². The molecule has 2 N–H and O–H groups in total. The molecule has 1 aromatic heterocycles. The van der Waals surface area contributed by atoms with Crippen molar-refractivity contribution in [3.8, 4) is 0 Å². The lowest BCUT2D eigenvalue weighted by Crippen LogP contribution is -2.48. The zero-order valence-corrected chi connectivity index (χ0v) is 23.0. The molecule has 1 saturated heterocycles. The molecule has 14 heteroatoms. The molecule has 0 bridgehead atoms. The number of fused-ring (bicyclic) bond motifs is 1. The molecule has 4 rings (SSSR count). The summed E-state index contributed by atoms with van der Waals surface area (Å²) in [7, 11) is -6.09. The fraction of sp³-hybridized carbons (Fsp3) is 0.391. The van der Waals surface area contributed by atoms with Crippen molar-refractivity contribution in [3.63, 3.8) is 0 Å². The van der Waals surface area contributed by atoms with Crippen LogP contribution in [0.15, 0.2) is 57.2 Å². The monoisotopic (exact) mass is 568 g/mol. The van der Waals surface area contributed by atoms with E-state index in [9.17, 15) is 21.6 Å². The van der Waals surface area contributed by atoms with E-state index >= 15 is 0 Å². The molecule has 0 aliphatic carbocycles. The SMILES string of the molecule is COCCn1c(=NC(=O)c2ccc(S(=O)(=O)N3C[C@H](C)O[C@@H](C)C3)cc2)sc2cc(S(N)(=O)=O)ccc21. The van der Waals surface area contributed by atoms with Gasteiger partial charge in [-0.15, -0.1) is 0 Å². The van der Waals surface area contributed by atoms with Gasteiger partial charge in [-0.3, -0.25) is 4.79 Å². The predicted octanol–water partition coefficient (Wildman–Crippen LogP) is 1.54. The summed E-state index contributed by atoms with van der Waals surface area (Å²) in [5.41, 5.74) is 0.889. The molecule has 2 heterocycles. The number of carbonyl (C=O) groups excluding carboxylic acids is 1. The highest BCUT2D eigenvalue weighted by Crippen LogP contribution is 2.23. The summed E-state index contributed by atoms with van der Waals surface area (Å²) in [6, 6.07) is 10.1. The highest BCUT2D eigenvalue weighted by molar-refractivity contribution is 7.89. The van der Waals surface area contributed by atoms with Crippen LogP contribution >= 0.6 is 11.3 Å². The molecule has 2 atom stereocenters. The third-order valence-electron chi connectivity index (χ3n) is 5.82. The number of methoxy groups -OCH3 is 1. The van der Waals surface area contributed by atoms with Gasteiger partial charge in [0.2, 0.25) is 20.0 Å². The van der Waals surface area contributed by atoms with Crippen molar-refractivity contribution in [2.75, 3.05) is 26.8 Å². The average molecular weight is 569 g/mol. The zero-order valence-electron chi connectivity index (χ0n) is 20.5. The van der Waals surface area contributed by atoms with E-state index < -0.39 is 26.0 Å². The maximum Gasteiger partial charge on any atom is 0.279 e. The molecule has 1 amide bonds. The molecule has 1 fully saturated rings. The van der Waals surface area contributed by atoms with Gasteiger partial charge in [-0.1, -0.05) is 11.3 Å². The zero-order chi connectivity index (χ0) is 27.0. The van der Waals surface area contributed by atoms with E-state index in [-0.39, 0.29) is 40.7 Å². The molecule has 37 heavy (non-hydrogen) atoms. The molecular formula is C23H28N4O7S3. The first kappa shape index (κ1) is 27.6. The van der Waals surface area contributed by atoms with Crippen molar-refractivity contribution in [2.45, 2.75) is 42.4 Å². The van der Waals surface area contributed by atoms with Gasteiger partial charge in [-0.2, -0.15) is 9.30 Å². The molecule has 0 radical (unpaired) electrons. The van der Waals surface area contributed by atoms with Crippen molar-refractivity contribution in [1.29, 1.82) is 0 Å². The van der Waals surface area contributed by atoms with E-state index in [0.717, 1.165) is 11.3 Å². The first-order chi connectivity index (χ1) is 17.4. The van der Waals surface area contributed by atoms with E-state index in [2.05, 4.69) is 4.99 Å². The van der Waals surface area contributed by atoms with Gasteiger partial charge in [0.05, 0.1) is 38.8 Å². The Balaban J connectivity index is 1.66. The number of morpholine rings is 1. The van der Waals surface area contributed by atoms with Crippen LogP contribution in [0.3, 0.4) is 0 Å². The van der Waals surface area contributed by atoms with Gasteiger partial charge in [0, 0.05) is 32.3 Å². The first-order valence-corrected chi connectivity index (χ1v) is 15.2. The second-order valence-electron chi connectivity index (χ2n) is 8.72. The van der Waals surface area contributed by atoms with E-state index in [4.69, 9.17) is 14.6 Å². The summed E-state index contributed by atoms with van der Waals surface area (Å²) >= 11 is 1.14. The molecule has 0 spiro atoms. The Labute approximate surface area is 219 Å². The van der Waals surface area contributed by atoms with E-state index in [1.165, 1.54) is 40.7 Å². The number of nitrogens with two attached hydrogens (primary N) is 1. The van der Waals surface area contributed by atoms with E-state index in [1.807, 2.05) is 13.8 Å². The molecule has 0 unspecified atom stereocenters. The number of benzene rings is 2. The Kier molecular flexibility index (Phi) is 7.99. The molecule has 3 aromatic rings. The Morgan fingerprint density at radius 1 is 1.08 bits per heavy atom. The summed E-state index contributed by atoms with van der Waals surface area (Å²) in [4.78, 5) is 17.6. The normalized spacial score (nSPS) is 19.9. The number of aromatic nitrogens is 1. The van der Waals surface area contributed by atoms with E-state index in [1.54, 1.807) is 17.7 Å². The van der Waals surface area contributed by atoms with Gasteiger partial charge in [0.15, 0.2) is 4.80 Å². The van der Waals surface area contributed by atoms with Crippen molar-refractivity contribution in [3.05, 3.63) is 52.8 Å². The number of carbonyl (C=O) groups is 1. The summed E-state index contributed by atoms with van der Waals surface area (Å²) in [5.74, 6) is -0.568. The Bertz CT molecular complexity index is 1580. The van der Waals surface area contributed by atoms with Crippen LogP contribution in [-0.4, -0.2) is 70.6 Å². The Morgan fingerprint density at radius 3 is 2.30 bits per heavy atom. The third-order valence-corrected chi connectivity index (χ3v) is 9.62. The summed E-state index contributed by atoms with van der Waals surface area (Å²) < 4.78 is 64.2. The highest BCUT2D eigenvalue weighted by atomic mass is 32.2. The second kappa shape index (κ2) is 10.7. The molecular weight excluding hydrogens is 540 g/mol. The smallest absolute Gasteiger partial charge is 0.279 e. The number of primary sulfonamides is 1. The minimum absolute atomic E-state index is 0.0427. The number of sulfonamides is 2. The van der Waals surface area contributed by atoms with Gasteiger partial charge < -0.3 is 14.0 Å². The largest absolute Gasteiger partial charge is 0.383 e. The summed E-state index contributed by atoms with van der Waals surface area (Å²) in [5, 5.41) is 5.25. The molecule has 1 aliphatic heterocycles. The van der Waals surface area contributed by atoms with Crippen LogP contribution < -0.4 is 9.94 Å². The van der Waals surface area contributed by atoms with Gasteiger partial charge in [-0.25, -0.2) is 22.0 Å². The Hall–Kier alpha value is -2.46. The first-order valence-electron chi connectivity index (χ1n) is 11.4. The number of hydrogen-bond donors (Lipinski definition) is 1. The van der Waals surface area contributed by atoms with Gasteiger partial charge in [0.1, 0.15) is 0 Å². The average Bonchev–Trinajstić information content (AvgIpc) is 3.17. The summed E-state index contributed by atoms with van der Waals surface area (Å²) in [6.07, 6.45) is -0.435. The number of nitrogens with zero attached hydrogens (tertiary/aromatic N) is 3. The lowest BCUT2D eigenvalue weighted by Gasteiger charge is -2.34. The minimum Gasteiger partial charge on any atom is -0.383 e. The lowest BCUT2D eigenvalue weighted by atomic mass is 10.2. The van der Waals surface area contributed by atoms with Crippen LogP contribution in [0.5, 0.6) is 0 Å². The fourth-order valence-electron chi connectivity index (χ4n) is 4.11. The standard InChI is InChI=1S/C23H28N4O7S3/c1-15-13-26(14-16(2)34-15)37(31,32)18-6-4-17(5-7-18)22(28)25-23-27(10-11-33-3)20-9-8-19(36(24,29)30)12-21(20)35-23/h4-9,12,15-16H,10-11,13-14H2,1-3H3,(H2,24,29,30)/t15-,16-/m0/s1. The maximum absolute atomic E-state index is 13.1. The van der Waals surface area contributed by atoms with Gasteiger partial charge >= 0.3 is 0 Å². The Morgan fingerprint density at radius 2 is 1.70 bits per heavy atom. The quantitative estimate of drug-likeness (QED) is 0.454. The van der Waals surface area contributed by atoms with Crippen LogP contribution in [0, 0.1) is 0 Å².